The van der Waals surface area contributed by atoms with Crippen LogP contribution in [0.4, 0.5) is 17.8 Å². The Labute approximate surface area is 473 Å². The number of H-pyrrole nitrogens is 2. The molecule has 2 aliphatic rings. The van der Waals surface area contributed by atoms with Gasteiger partial charge in [0.2, 0.25) is 29.7 Å². The molecular weight excluding hydrogens is 1040 g/mol. The lowest BCUT2D eigenvalue weighted by atomic mass is 9.98. The Hall–Kier alpha value is -7.20. The number of hydrogen-bond donors (Lipinski definition) is 5. The molecule has 0 saturated carbocycles. The lowest BCUT2D eigenvalue weighted by Crippen LogP contribution is -2.52. The van der Waals surface area contributed by atoms with Gasteiger partial charge in [-0.05, 0) is 46.9 Å². The van der Waals surface area contributed by atoms with Gasteiger partial charge in [0.25, 0.3) is 0 Å². The number of halogens is 1. The second-order valence-corrected chi connectivity index (χ2v) is 20.6. The summed E-state index contributed by atoms with van der Waals surface area (Å²) in [6.45, 7) is 14.6. The summed E-state index contributed by atoms with van der Waals surface area (Å²) in [7, 11) is 0. The van der Waals surface area contributed by atoms with Gasteiger partial charge in [0.05, 0.1) is 68.9 Å². The van der Waals surface area contributed by atoms with Crippen LogP contribution in [-0.4, -0.2) is 175 Å². The zero-order valence-corrected chi connectivity index (χ0v) is 47.1. The van der Waals surface area contributed by atoms with Gasteiger partial charge in [-0.3, -0.25) is 9.59 Å². The zero-order chi connectivity index (χ0) is 55.3. The molecule has 80 heavy (non-hydrogen) atoms. The summed E-state index contributed by atoms with van der Waals surface area (Å²) in [5.41, 5.74) is 18.4. The van der Waals surface area contributed by atoms with E-state index >= 15 is 0 Å². The van der Waals surface area contributed by atoms with Crippen molar-refractivity contribution < 1.29 is 23.8 Å². The molecule has 7 heterocycles. The third-order valence-electron chi connectivity index (χ3n) is 15.3. The van der Waals surface area contributed by atoms with Crippen molar-refractivity contribution in [2.45, 2.75) is 77.5 Å². The van der Waals surface area contributed by atoms with E-state index in [9.17, 15) is 9.59 Å². The molecule has 2 aromatic carbocycles. The molecule has 7 aromatic rings. The summed E-state index contributed by atoms with van der Waals surface area (Å²) in [5, 5.41) is 23.4. The molecule has 2 aliphatic heterocycles. The van der Waals surface area contributed by atoms with Gasteiger partial charge in [-0.25, -0.2) is 9.36 Å². The second kappa shape index (κ2) is 28.3. The van der Waals surface area contributed by atoms with Gasteiger partial charge in [-0.15, -0.1) is 29.0 Å². The molecule has 5 aromatic heterocycles. The van der Waals surface area contributed by atoms with E-state index in [-0.39, 0.29) is 54.7 Å². The third kappa shape index (κ3) is 14.6. The van der Waals surface area contributed by atoms with Crippen LogP contribution in [0.2, 0.25) is 0 Å². The lowest BCUT2D eigenvalue weighted by Gasteiger charge is -2.38. The lowest BCUT2D eigenvalue weighted by molar-refractivity contribution is -0.136. The van der Waals surface area contributed by atoms with Gasteiger partial charge in [-0.2, -0.15) is 15.0 Å². The number of terminal acetylenes is 1. The molecule has 0 aliphatic carbocycles. The van der Waals surface area contributed by atoms with E-state index in [1.165, 1.54) is 0 Å². The van der Waals surface area contributed by atoms with Gasteiger partial charge >= 0.3 is 0 Å². The maximum Gasteiger partial charge on any atom is 0.248 e. The normalized spacial score (nSPS) is 16.3. The first kappa shape index (κ1) is 58.9. The number of aromatic amines is 2. The van der Waals surface area contributed by atoms with Crippen LogP contribution in [0.3, 0.4) is 0 Å². The van der Waals surface area contributed by atoms with E-state index in [2.05, 4.69) is 104 Å². The molecule has 6 unspecified atom stereocenters. The number of aromatic nitrogens is 11. The Kier molecular flexibility index (Phi) is 20.8. The first-order valence-corrected chi connectivity index (χ1v) is 27.7. The minimum atomic E-state index is -0.665. The fourth-order valence-corrected chi connectivity index (χ4v) is 9.97. The zero-order valence-electron chi connectivity index (χ0n) is 46.3. The molecule has 428 valence electrons. The molecule has 0 radical (unpaired) electrons. The van der Waals surface area contributed by atoms with Crippen LogP contribution in [0, 0.1) is 24.2 Å². The maximum atomic E-state index is 14.8. The molecule has 24 heteroatoms. The smallest absolute Gasteiger partial charge is 0.248 e. The van der Waals surface area contributed by atoms with Crippen molar-refractivity contribution in [1.29, 1.82) is 0 Å². The van der Waals surface area contributed by atoms with Gasteiger partial charge in [-0.1, -0.05) is 93.3 Å². The number of hydrogen-bond acceptors (Lipinski definition) is 17. The van der Waals surface area contributed by atoms with Crippen molar-refractivity contribution in [3.63, 3.8) is 0 Å². The van der Waals surface area contributed by atoms with Crippen molar-refractivity contribution in [2.75, 3.05) is 114 Å². The highest BCUT2D eigenvalue weighted by Crippen LogP contribution is 2.28. The van der Waals surface area contributed by atoms with Gasteiger partial charge in [0, 0.05) is 94.2 Å². The molecular formula is C56H77ClN18O5. The van der Waals surface area contributed by atoms with Crippen molar-refractivity contribution in [2.24, 2.45) is 23.3 Å². The predicted molar refractivity (Wildman–Crippen MR) is 309 cm³/mol. The Morgan fingerprint density at radius 2 is 1.09 bits per heavy atom. The van der Waals surface area contributed by atoms with E-state index in [1.54, 1.807) is 9.36 Å². The Morgan fingerprint density at radius 3 is 1.52 bits per heavy atom. The number of anilines is 3. The van der Waals surface area contributed by atoms with Crippen molar-refractivity contribution in [1.82, 2.24) is 64.7 Å². The summed E-state index contributed by atoms with van der Waals surface area (Å²) >= 11 is 0. The fraction of sp³-hybridized carbons (Fsp3) is 0.518. The van der Waals surface area contributed by atoms with Crippen LogP contribution < -0.4 is 26.6 Å². The van der Waals surface area contributed by atoms with E-state index in [4.69, 9.17) is 47.1 Å². The van der Waals surface area contributed by atoms with Crippen LogP contribution in [0.25, 0.3) is 21.8 Å². The minimum absolute atomic E-state index is 0. The SMILES string of the molecule is C#CCOCCOCCOCCNc1nc(N2CCN(C(=O)C(Cc3cc4ccccc4[nH]3)n3cc(C(N)C(C)CC)nn3)CC2)nc(N2CCN(C(=O)C(Cc3cc4ccccc4[nH]3)n3cc(C(N)C(C)CC)nn3)CC2)n1.Cl. The van der Waals surface area contributed by atoms with Crippen LogP contribution >= 0.6 is 12.4 Å². The highest BCUT2D eigenvalue weighted by Gasteiger charge is 2.35. The summed E-state index contributed by atoms with van der Waals surface area (Å²) < 4.78 is 20.0. The van der Waals surface area contributed by atoms with E-state index < -0.39 is 12.1 Å². The summed E-state index contributed by atoms with van der Waals surface area (Å²) in [5.74, 6) is 4.03. The number of ether oxygens (including phenoxy) is 3. The number of para-hydroxylation sites is 2. The van der Waals surface area contributed by atoms with Crippen molar-refractivity contribution >= 4 is 63.9 Å². The molecule has 0 bridgehead atoms. The monoisotopic (exact) mass is 1120 g/mol. The molecule has 7 N–H and O–H groups in total. The number of nitrogens with two attached hydrogens (primary N) is 2. The number of amides is 2. The topological polar surface area (TPSA) is 271 Å². The number of rotatable bonds is 27. The Balaban J connectivity index is 0.00000841. The number of carbonyl (C=O) groups excluding carboxylic acids is 2. The average Bonchev–Trinajstić information content (AvgIpc) is 4.35. The summed E-state index contributed by atoms with van der Waals surface area (Å²) in [4.78, 5) is 59.4. The number of benzene rings is 2. The first-order chi connectivity index (χ1) is 38.5. The molecule has 6 atom stereocenters. The largest absolute Gasteiger partial charge is 0.377 e. The summed E-state index contributed by atoms with van der Waals surface area (Å²) in [6, 6.07) is 18.4. The molecule has 2 fully saturated rings. The van der Waals surface area contributed by atoms with Crippen LogP contribution in [-0.2, 0) is 36.6 Å². The number of nitrogens with zero attached hydrogens (tertiary/aromatic N) is 13. The van der Waals surface area contributed by atoms with Crippen LogP contribution in [0.1, 0.15) is 87.5 Å². The van der Waals surface area contributed by atoms with Gasteiger partial charge in [0.1, 0.15) is 18.7 Å². The van der Waals surface area contributed by atoms with Gasteiger partial charge < -0.3 is 60.6 Å². The number of nitrogens with one attached hydrogen (secondary N) is 3. The van der Waals surface area contributed by atoms with E-state index in [0.717, 1.165) is 46.0 Å². The molecule has 2 amide bonds. The number of fused-ring (bicyclic) bond motifs is 2. The number of carbonyl (C=O) groups is 2. The first-order valence-electron chi connectivity index (χ1n) is 27.7. The van der Waals surface area contributed by atoms with Crippen molar-refractivity contribution in [3.05, 3.63) is 95.8 Å². The predicted octanol–water partition coefficient (Wildman–Crippen LogP) is 4.89. The maximum absolute atomic E-state index is 14.8. The highest BCUT2D eigenvalue weighted by atomic mass is 35.5. The Morgan fingerprint density at radius 1 is 0.650 bits per heavy atom. The minimum Gasteiger partial charge on any atom is -0.377 e. The Bertz CT molecular complexity index is 2870. The van der Waals surface area contributed by atoms with Crippen molar-refractivity contribution in [3.8, 4) is 12.3 Å². The van der Waals surface area contributed by atoms with E-state index in [1.807, 2.05) is 58.6 Å². The standard InChI is InChI=1S/C56H76N18O5.ClH/c1-6-26-77-28-30-79-31-29-78-27-17-59-54-62-55(71-22-18-69(19-23-71)52(75)48(34-42-32-40-13-9-11-15-44(40)60-42)73-36-46(65-67-73)50(57)38(4)7-2)64-56(63-54)72-24-20-70(21-25-72)53(76)49(35-43-33-41-14-10-12-16-45(41)61-43)74-37-47(66-68-74)51(58)39(5)8-3;/h1,9-16,32-33,36-39,48-51,60-61H,7-8,17-31,34-35,57-58H2,2-5H3,(H,59,62,63,64);1H. The average molecular weight is 1120 g/mol. The molecule has 0 spiro atoms. The third-order valence-corrected chi connectivity index (χ3v) is 15.3. The fourth-order valence-electron chi connectivity index (χ4n) is 9.97. The molecule has 9 rings (SSSR count). The highest BCUT2D eigenvalue weighted by molar-refractivity contribution is 5.85. The quantitative estimate of drug-likeness (QED) is 0.0339. The van der Waals surface area contributed by atoms with Crippen LogP contribution in [0.5, 0.6) is 0 Å². The van der Waals surface area contributed by atoms with E-state index in [0.29, 0.717) is 134 Å². The molecule has 2 saturated heterocycles. The second-order valence-electron chi connectivity index (χ2n) is 20.6. The summed E-state index contributed by atoms with van der Waals surface area (Å²) in [6.07, 6.45) is 11.4. The van der Waals surface area contributed by atoms with Gasteiger partial charge in [0.15, 0.2) is 0 Å². The molecule has 23 nitrogen and oxygen atoms in total. The number of piperazine rings is 2. The van der Waals surface area contributed by atoms with Crippen LogP contribution in [0.15, 0.2) is 73.1 Å².